The van der Waals surface area contributed by atoms with Gasteiger partial charge in [0.2, 0.25) is 13.4 Å². The van der Waals surface area contributed by atoms with Crippen LogP contribution in [0.1, 0.15) is 313 Å². The van der Waals surface area contributed by atoms with Crippen LogP contribution >= 0.6 is 0 Å². The zero-order valence-corrected chi connectivity index (χ0v) is 85.9. The summed E-state index contributed by atoms with van der Waals surface area (Å²) < 4.78 is 2.75. The summed E-state index contributed by atoms with van der Waals surface area (Å²) in [5, 5.41) is 2.63. The Bertz CT molecular complexity index is 6940. The predicted molar refractivity (Wildman–Crippen MR) is 604 cm³/mol. The number of hydrogen-bond donors (Lipinski definition) is 0. The van der Waals surface area contributed by atoms with E-state index < -0.39 is 0 Å². The van der Waals surface area contributed by atoms with Gasteiger partial charge in [0.05, 0.1) is 0 Å². The molecule has 0 spiro atoms. The zero-order chi connectivity index (χ0) is 95.3. The van der Waals surface area contributed by atoms with Crippen LogP contribution < -0.4 is 32.8 Å². The van der Waals surface area contributed by atoms with Crippen LogP contribution in [0.4, 0.5) is 0 Å². The van der Waals surface area contributed by atoms with Crippen LogP contribution in [-0.2, 0) is 21.7 Å². The molecule has 4 aliphatic carbocycles. The minimum Gasteiger partial charge on any atom is -0.311 e. The fourth-order valence-electron chi connectivity index (χ4n) is 28.2. The van der Waals surface area contributed by atoms with Gasteiger partial charge in [-0.05, 0) is 293 Å². The van der Waals surface area contributed by atoms with E-state index in [9.17, 15) is 0 Å². The molecule has 0 saturated carbocycles. The highest BCUT2D eigenvalue weighted by Gasteiger charge is 2.48. The highest BCUT2D eigenvalue weighted by Crippen LogP contribution is 2.60. The average Bonchev–Trinajstić information content (AvgIpc) is 1.51. The van der Waals surface area contributed by atoms with E-state index in [0.717, 1.165) is 0 Å². The molecule has 698 valence electrons. The summed E-state index contributed by atoms with van der Waals surface area (Å²) in [7, 11) is 0. The van der Waals surface area contributed by atoms with Crippen molar-refractivity contribution >= 4 is 68.0 Å². The Labute approximate surface area is 832 Å². The van der Waals surface area contributed by atoms with Crippen LogP contribution in [0, 0.1) is 41.5 Å². The minimum absolute atomic E-state index is 0.00505. The Hall–Kier alpha value is -11.8. The fourth-order valence-corrected chi connectivity index (χ4v) is 28.2. The van der Waals surface area contributed by atoms with Gasteiger partial charge in [-0.15, -0.1) is 0 Å². The van der Waals surface area contributed by atoms with Crippen LogP contribution in [0.2, 0.25) is 0 Å². The number of nitrogens with zero attached hydrogens (tertiary/aromatic N) is 1. The van der Waals surface area contributed by atoms with Gasteiger partial charge in [-0.25, -0.2) is 0 Å². The molecule has 0 bridgehead atoms. The van der Waals surface area contributed by atoms with Gasteiger partial charge in [-0.3, -0.25) is 0 Å². The van der Waals surface area contributed by atoms with Gasteiger partial charge in [0.1, 0.15) is 0 Å². The summed E-state index contributed by atoms with van der Waals surface area (Å²) in [6, 6.07) is 111. The lowest BCUT2D eigenvalue weighted by atomic mass is 9.30. The summed E-state index contributed by atoms with van der Waals surface area (Å²) in [6.45, 7) is 33.3. The van der Waals surface area contributed by atoms with Gasteiger partial charge in [0, 0.05) is 49.2 Å². The van der Waals surface area contributed by atoms with E-state index in [0.29, 0.717) is 0 Å². The van der Waals surface area contributed by atoms with Gasteiger partial charge in [0.15, 0.2) is 0 Å². The molecule has 15 aromatic carbocycles. The van der Waals surface area contributed by atoms with E-state index in [4.69, 9.17) is 0 Å². The van der Waals surface area contributed by atoms with Crippen LogP contribution in [0.3, 0.4) is 0 Å². The van der Waals surface area contributed by atoms with Crippen molar-refractivity contribution in [2.75, 3.05) is 0 Å². The predicted octanol–water partition coefficient (Wildman–Crippen LogP) is 34.4. The number of aryl methyl sites for hydroxylation is 6. The second-order valence-electron chi connectivity index (χ2n) is 44.8. The maximum Gasteiger partial charge on any atom is 0.247 e. The Morgan fingerprint density at radius 1 is 0.216 bits per heavy atom. The zero-order valence-electron chi connectivity index (χ0n) is 85.9. The highest BCUT2D eigenvalue weighted by molar-refractivity contribution is 7.02. The molecule has 0 saturated heterocycles. The van der Waals surface area contributed by atoms with E-state index >= 15 is 0 Å². The first-order chi connectivity index (χ1) is 67.7. The fraction of sp³-hybridized carbons (Fsp3) is 0.338. The third-order valence-corrected chi connectivity index (χ3v) is 35.1. The van der Waals surface area contributed by atoms with Crippen molar-refractivity contribution in [3.05, 3.63) is 351 Å². The third kappa shape index (κ3) is 15.9. The maximum atomic E-state index is 2.75. The van der Waals surface area contributed by atoms with Crippen molar-refractivity contribution in [3.8, 4) is 117 Å². The monoisotopic (exact) mass is 1810 g/mol. The SMILES string of the molecule is CCCCCCCCC1(CCCCCCCC)c2ccccc2-c2ccc(-c3ccc4c(c3)C(C)(C)c3cc(-c5ccc(-c6cc7c8c(c6)c6cc(-c9ccc(-c%10ccc%11c(c%10)C(C)(C)c%10cc(-c%12ccc%13c(c%12)C(CCCCCCCC)(CCCCCCCC)c%12ccccc%12-%13)ccc%10-%11)cc9)cc9c6n8-c6c(cccc6B9c6c(C)cc(C)cc6C)B7c6c(C)cc(C)cc6C)cc5)ccc3-4)cc21. The van der Waals surface area contributed by atoms with Gasteiger partial charge < -0.3 is 4.57 Å². The highest BCUT2D eigenvalue weighted by atomic mass is 15.0. The number of fused-ring (bicyclic) bond motifs is 13. The smallest absolute Gasteiger partial charge is 0.247 e. The van der Waals surface area contributed by atoms with Crippen molar-refractivity contribution in [1.29, 1.82) is 0 Å². The van der Waals surface area contributed by atoms with Crippen molar-refractivity contribution in [2.24, 2.45) is 0 Å². The lowest BCUT2D eigenvalue weighted by Gasteiger charge is -2.36. The summed E-state index contributed by atoms with van der Waals surface area (Å²) in [4.78, 5) is 0. The molecule has 16 aromatic rings. The Balaban J connectivity index is 0.601. The maximum absolute atomic E-state index is 2.75. The second-order valence-corrected chi connectivity index (χ2v) is 44.8. The Morgan fingerprint density at radius 3 is 0.777 bits per heavy atom. The van der Waals surface area contributed by atoms with Gasteiger partial charge in [-0.1, -0.05) is 478 Å². The van der Waals surface area contributed by atoms with Gasteiger partial charge in [0.25, 0.3) is 0 Å². The molecule has 139 heavy (non-hydrogen) atoms. The average molecular weight is 1810 g/mol. The van der Waals surface area contributed by atoms with E-state index in [1.54, 1.807) is 22.3 Å². The number of rotatable bonds is 36. The van der Waals surface area contributed by atoms with Crippen molar-refractivity contribution in [3.63, 3.8) is 0 Å². The van der Waals surface area contributed by atoms with Crippen LogP contribution in [0.25, 0.3) is 139 Å². The molecule has 0 atom stereocenters. The first kappa shape index (κ1) is 92.3. The molecule has 1 aromatic heterocycles. The summed E-state index contributed by atoms with van der Waals surface area (Å²) in [6.07, 6.45) is 36.6. The quantitative estimate of drug-likeness (QED) is 0.0272. The minimum atomic E-state index is -0.207. The van der Waals surface area contributed by atoms with Crippen molar-refractivity contribution in [1.82, 2.24) is 4.57 Å². The van der Waals surface area contributed by atoms with E-state index in [-0.39, 0.29) is 35.1 Å². The molecule has 1 nitrogen and oxygen atoms in total. The molecule has 2 aliphatic heterocycles. The number of unbranched alkanes of at least 4 members (excludes halogenated alkanes) is 20. The topological polar surface area (TPSA) is 4.93 Å². The normalized spacial score (nSPS) is 14.5. The Kier molecular flexibility index (Phi) is 25.0. The van der Waals surface area contributed by atoms with Crippen LogP contribution in [0.15, 0.2) is 273 Å². The molecule has 22 rings (SSSR count). The second kappa shape index (κ2) is 37.7. The van der Waals surface area contributed by atoms with E-state index in [1.807, 2.05) is 0 Å². The standard InChI is InChI=1S/C136H143B2N/c1-15-19-23-27-31-39-70-135(71-40-32-28-24-20-16-2)116-46-37-35-44-106(116)112-68-62-102(84-122(112)135)100-60-66-110-108-64-58-98(80-118(108)133(11,12)120(110)82-100)94-50-54-96(55-51-94)104-78-114-115-79-105(87-127-131(115)139-130(114)126(86-104)137(128-90(7)74-88(5)75-91(128)8)124-48-43-49-125(132(124)139)138(127)129-92(9)76-89(6)77-93(129)10)97-56-52-95(53-57-97)99-59-65-109-111-67-61-101(83-121(111)134(13,14)119(109)81-99)103-63-69-113-107-45-36-38-47-117(107)136(123(113)85-103,72-41-33-29-25-21-17-3)73-42-34-30-26-22-18-4/h35-38,43-69,74-87H,15-34,39-42,70-73H2,1-14H3. The molecule has 6 aliphatic rings. The lowest BCUT2D eigenvalue weighted by molar-refractivity contribution is 0.398. The molecule has 0 amide bonds. The van der Waals surface area contributed by atoms with E-state index in [2.05, 4.69) is 374 Å². The van der Waals surface area contributed by atoms with Crippen molar-refractivity contribution in [2.45, 2.75) is 298 Å². The summed E-state index contributed by atoms with van der Waals surface area (Å²) in [5.41, 5.74) is 58.6. The van der Waals surface area contributed by atoms with Crippen molar-refractivity contribution < 1.29 is 0 Å². The number of aromatic nitrogens is 1. The van der Waals surface area contributed by atoms with Crippen LogP contribution in [0.5, 0.6) is 0 Å². The summed E-state index contributed by atoms with van der Waals surface area (Å²) >= 11 is 0. The Morgan fingerprint density at radius 2 is 0.468 bits per heavy atom. The van der Waals surface area contributed by atoms with E-state index in [1.165, 1.54) is 407 Å². The molecule has 0 N–H and O–H groups in total. The van der Waals surface area contributed by atoms with Gasteiger partial charge in [-0.2, -0.15) is 0 Å². The first-order valence-electron chi connectivity index (χ1n) is 54.5. The first-order valence-corrected chi connectivity index (χ1v) is 54.5. The molecular formula is C136H143B2N. The van der Waals surface area contributed by atoms with Gasteiger partial charge >= 0.3 is 0 Å². The lowest BCUT2D eigenvalue weighted by Crippen LogP contribution is -2.64. The largest absolute Gasteiger partial charge is 0.311 e. The molecule has 0 fully saturated rings. The molecule has 0 radical (unpaired) electrons. The molecule has 3 heterocycles. The number of para-hydroxylation sites is 1. The number of benzene rings is 15. The number of hydrogen-bond acceptors (Lipinski definition) is 0. The van der Waals surface area contributed by atoms with Crippen LogP contribution in [-0.4, -0.2) is 18.0 Å². The third-order valence-electron chi connectivity index (χ3n) is 35.1. The molecule has 3 heteroatoms. The molecule has 0 unspecified atom stereocenters. The molecular weight excluding hydrogens is 1670 g/mol. The summed E-state index contributed by atoms with van der Waals surface area (Å²) in [5.74, 6) is 0.